The molecule has 0 aliphatic rings. The van der Waals surface area contributed by atoms with Gasteiger partial charge in [-0.2, -0.15) is 0 Å². The summed E-state index contributed by atoms with van der Waals surface area (Å²) in [6.07, 6.45) is 0. The number of carbonyl (C=O) groups excluding carboxylic acids is 2. The largest absolute Gasteiger partial charge is 0.357 e. The maximum atomic E-state index is 10.8. The zero-order valence-electron chi connectivity index (χ0n) is 6.48. The molecule has 1 unspecified atom stereocenters. The van der Waals surface area contributed by atoms with Gasteiger partial charge in [0.15, 0.2) is 0 Å². The molecule has 5 heteroatoms. The topological polar surface area (TPSA) is 58.2 Å². The van der Waals surface area contributed by atoms with Crippen LogP contribution in [0.1, 0.15) is 6.92 Å². The summed E-state index contributed by atoms with van der Waals surface area (Å²) in [7, 11) is 1.53. The molecule has 0 fully saturated rings. The van der Waals surface area contributed by atoms with E-state index in [4.69, 9.17) is 0 Å². The minimum absolute atomic E-state index is 0.193. The lowest BCUT2D eigenvalue weighted by molar-refractivity contribution is -0.127. The van der Waals surface area contributed by atoms with Gasteiger partial charge in [0.05, 0.1) is 5.33 Å². The summed E-state index contributed by atoms with van der Waals surface area (Å²) in [5, 5.41) is 5.12. The van der Waals surface area contributed by atoms with Gasteiger partial charge < -0.3 is 10.6 Å². The van der Waals surface area contributed by atoms with Gasteiger partial charge in [0, 0.05) is 7.05 Å². The van der Waals surface area contributed by atoms with Crippen molar-refractivity contribution in [2.45, 2.75) is 13.0 Å². The number of amides is 2. The number of likely N-dealkylation sites (N-methyl/N-ethyl adjacent to an activating group) is 1. The molecule has 11 heavy (non-hydrogen) atoms. The van der Waals surface area contributed by atoms with E-state index in [0.717, 1.165) is 0 Å². The number of nitrogens with one attached hydrogen (secondary N) is 2. The van der Waals surface area contributed by atoms with Crippen LogP contribution in [0, 0.1) is 0 Å². The van der Waals surface area contributed by atoms with E-state index in [0.29, 0.717) is 0 Å². The molecule has 0 aromatic rings. The lowest BCUT2D eigenvalue weighted by Gasteiger charge is -2.10. The second kappa shape index (κ2) is 5.12. The Labute approximate surface area is 73.9 Å². The molecule has 0 aromatic carbocycles. The van der Waals surface area contributed by atoms with Gasteiger partial charge in [-0.15, -0.1) is 0 Å². The van der Waals surface area contributed by atoms with Gasteiger partial charge in [-0.25, -0.2) is 0 Å². The Balaban J connectivity index is 3.77. The van der Waals surface area contributed by atoms with Crippen molar-refractivity contribution in [2.75, 3.05) is 12.4 Å². The first-order valence-electron chi connectivity index (χ1n) is 3.18. The van der Waals surface area contributed by atoms with Gasteiger partial charge in [-0.3, -0.25) is 9.59 Å². The van der Waals surface area contributed by atoms with Crippen LogP contribution in [0.5, 0.6) is 0 Å². The Morgan fingerprint density at radius 1 is 1.55 bits per heavy atom. The van der Waals surface area contributed by atoms with Crippen LogP contribution in [0.15, 0.2) is 0 Å². The third kappa shape index (κ3) is 3.98. The Morgan fingerprint density at radius 3 is 2.45 bits per heavy atom. The van der Waals surface area contributed by atoms with Crippen LogP contribution < -0.4 is 10.6 Å². The Kier molecular flexibility index (Phi) is 4.85. The molecule has 1 atom stereocenters. The fourth-order valence-electron chi connectivity index (χ4n) is 0.562. The quantitative estimate of drug-likeness (QED) is 0.641. The maximum Gasteiger partial charge on any atom is 0.242 e. The van der Waals surface area contributed by atoms with Gasteiger partial charge >= 0.3 is 0 Å². The lowest BCUT2D eigenvalue weighted by Crippen LogP contribution is -2.43. The van der Waals surface area contributed by atoms with Crippen LogP contribution in [-0.2, 0) is 9.59 Å². The Hall–Kier alpha value is -0.580. The van der Waals surface area contributed by atoms with Crippen molar-refractivity contribution in [3.8, 4) is 0 Å². The number of carbonyl (C=O) groups is 2. The normalized spacial score (nSPS) is 11.9. The Morgan fingerprint density at radius 2 is 2.09 bits per heavy atom. The molecule has 2 N–H and O–H groups in total. The van der Waals surface area contributed by atoms with E-state index < -0.39 is 6.04 Å². The zero-order chi connectivity index (χ0) is 8.85. The first kappa shape index (κ1) is 10.4. The molecule has 0 saturated carbocycles. The predicted octanol–water partition coefficient (Wildman–Crippen LogP) is -0.368. The highest BCUT2D eigenvalue weighted by Gasteiger charge is 2.11. The number of hydrogen-bond donors (Lipinski definition) is 2. The van der Waals surface area contributed by atoms with Gasteiger partial charge in [-0.1, -0.05) is 15.9 Å². The SMILES string of the molecule is CNC(=O)C(C)NC(=O)CBr. The van der Waals surface area contributed by atoms with E-state index in [1.807, 2.05) is 0 Å². The summed E-state index contributed by atoms with van der Waals surface area (Å²) in [6.45, 7) is 1.62. The molecule has 64 valence electrons. The molecule has 0 aliphatic heterocycles. The van der Waals surface area contributed by atoms with E-state index >= 15 is 0 Å². The van der Waals surface area contributed by atoms with Crippen LogP contribution in [0.3, 0.4) is 0 Å². The summed E-state index contributed by atoms with van der Waals surface area (Å²) in [5.74, 6) is -0.389. The Bertz CT molecular complexity index is 161. The molecule has 2 amide bonds. The van der Waals surface area contributed by atoms with Crippen molar-refractivity contribution in [3.05, 3.63) is 0 Å². The molecule has 4 nitrogen and oxygen atoms in total. The molecule has 0 bridgehead atoms. The molecular weight excluding hydrogens is 212 g/mol. The smallest absolute Gasteiger partial charge is 0.242 e. The predicted molar refractivity (Wildman–Crippen MR) is 45.5 cm³/mol. The highest BCUT2D eigenvalue weighted by Crippen LogP contribution is 1.84. The van der Waals surface area contributed by atoms with Crippen molar-refractivity contribution in [1.82, 2.24) is 10.6 Å². The summed E-state index contributed by atoms with van der Waals surface area (Å²) >= 11 is 2.97. The highest BCUT2D eigenvalue weighted by molar-refractivity contribution is 9.09. The first-order valence-corrected chi connectivity index (χ1v) is 4.31. The minimum Gasteiger partial charge on any atom is -0.357 e. The average Bonchev–Trinajstić information content (AvgIpc) is 2.02. The second-order valence-corrected chi connectivity index (χ2v) is 2.60. The number of rotatable bonds is 3. The van der Waals surface area contributed by atoms with E-state index in [9.17, 15) is 9.59 Å². The molecule has 0 radical (unpaired) electrons. The zero-order valence-corrected chi connectivity index (χ0v) is 8.06. The van der Waals surface area contributed by atoms with Crippen molar-refractivity contribution in [2.24, 2.45) is 0 Å². The average molecular weight is 223 g/mol. The van der Waals surface area contributed by atoms with Gasteiger partial charge in [-0.05, 0) is 6.92 Å². The summed E-state index contributed by atoms with van der Waals surface area (Å²) in [6, 6.07) is -0.468. The fraction of sp³-hybridized carbons (Fsp3) is 0.667. The monoisotopic (exact) mass is 222 g/mol. The molecule has 0 saturated heterocycles. The van der Waals surface area contributed by atoms with Crippen molar-refractivity contribution in [3.63, 3.8) is 0 Å². The van der Waals surface area contributed by atoms with Crippen LogP contribution in [-0.4, -0.2) is 30.2 Å². The van der Waals surface area contributed by atoms with E-state index in [1.54, 1.807) is 6.92 Å². The molecule has 0 heterocycles. The molecule has 0 rings (SSSR count). The van der Waals surface area contributed by atoms with Crippen LogP contribution in [0.2, 0.25) is 0 Å². The van der Waals surface area contributed by atoms with E-state index in [2.05, 4.69) is 26.6 Å². The van der Waals surface area contributed by atoms with Crippen molar-refractivity contribution >= 4 is 27.7 Å². The van der Waals surface area contributed by atoms with E-state index in [1.165, 1.54) is 7.05 Å². The lowest BCUT2D eigenvalue weighted by atomic mass is 10.3. The third-order valence-corrected chi connectivity index (χ3v) is 1.65. The second-order valence-electron chi connectivity index (χ2n) is 2.04. The van der Waals surface area contributed by atoms with Gasteiger partial charge in [0.2, 0.25) is 11.8 Å². The fourth-order valence-corrected chi connectivity index (χ4v) is 0.724. The number of halogens is 1. The standard InChI is InChI=1S/C6H11BrN2O2/c1-4(6(11)8-2)9-5(10)3-7/h4H,3H2,1-2H3,(H,8,11)(H,9,10). The molecular formula is C6H11BrN2O2. The van der Waals surface area contributed by atoms with Crippen LogP contribution in [0.25, 0.3) is 0 Å². The van der Waals surface area contributed by atoms with Crippen LogP contribution >= 0.6 is 15.9 Å². The van der Waals surface area contributed by atoms with Gasteiger partial charge in [0.1, 0.15) is 6.04 Å². The number of hydrogen-bond acceptors (Lipinski definition) is 2. The van der Waals surface area contributed by atoms with Crippen molar-refractivity contribution in [1.29, 1.82) is 0 Å². The maximum absolute atomic E-state index is 10.8. The summed E-state index contributed by atoms with van der Waals surface area (Å²) in [5.41, 5.74) is 0. The summed E-state index contributed by atoms with van der Waals surface area (Å²) in [4.78, 5) is 21.5. The highest BCUT2D eigenvalue weighted by atomic mass is 79.9. The first-order chi connectivity index (χ1) is 5.11. The third-order valence-electron chi connectivity index (χ3n) is 1.14. The molecule has 0 aromatic heterocycles. The minimum atomic E-state index is -0.468. The molecule has 0 spiro atoms. The van der Waals surface area contributed by atoms with E-state index in [-0.39, 0.29) is 17.1 Å². The number of alkyl halides is 1. The molecule has 0 aliphatic carbocycles. The van der Waals surface area contributed by atoms with Crippen LogP contribution in [0.4, 0.5) is 0 Å². The summed E-state index contributed by atoms with van der Waals surface area (Å²) < 4.78 is 0. The van der Waals surface area contributed by atoms with Gasteiger partial charge in [0.25, 0.3) is 0 Å². The van der Waals surface area contributed by atoms with Crippen molar-refractivity contribution < 1.29 is 9.59 Å².